The van der Waals surface area contributed by atoms with E-state index in [1.165, 1.54) is 12.3 Å². The Kier molecular flexibility index (Phi) is 3.16. The molecule has 0 amide bonds. The molecule has 3 rings (SSSR count). The Morgan fingerprint density at radius 2 is 1.77 bits per heavy atom. The van der Waals surface area contributed by atoms with Crippen molar-refractivity contribution in [3.8, 4) is 16.9 Å². The number of nitrogens with one attached hydrogen (secondary N) is 1. The van der Waals surface area contributed by atoms with Crippen LogP contribution in [-0.2, 0) is 6.18 Å². The minimum Gasteiger partial charge on any atom is -0.507 e. The second-order valence-electron chi connectivity index (χ2n) is 4.84. The van der Waals surface area contributed by atoms with Crippen LogP contribution in [0.4, 0.5) is 13.2 Å². The molecule has 6 heteroatoms. The maximum Gasteiger partial charge on any atom is 0.416 e. The van der Waals surface area contributed by atoms with E-state index in [2.05, 4.69) is 4.98 Å². The molecule has 0 atom stereocenters. The lowest BCUT2D eigenvalue weighted by Crippen LogP contribution is -2.05. The molecule has 1 aromatic heterocycles. The molecule has 0 bridgehead atoms. The normalized spacial score (nSPS) is 11.8. The minimum absolute atomic E-state index is 0.0278. The summed E-state index contributed by atoms with van der Waals surface area (Å²) in [7, 11) is 0. The molecule has 3 nitrogen and oxygen atoms in total. The maximum absolute atomic E-state index is 12.8. The number of phenolic OH excluding ortho intramolecular Hbond substituents is 1. The van der Waals surface area contributed by atoms with Crippen molar-refractivity contribution in [1.29, 1.82) is 0 Å². The maximum atomic E-state index is 12.8. The summed E-state index contributed by atoms with van der Waals surface area (Å²) in [5, 5.41) is 10.9. The SMILES string of the molecule is O=c1[nH]ccc2ccc(-c3cc(C(F)(F)F)ccc3O)cc12. The summed E-state index contributed by atoms with van der Waals surface area (Å²) >= 11 is 0. The quantitative estimate of drug-likeness (QED) is 0.716. The van der Waals surface area contributed by atoms with Gasteiger partial charge in [0.1, 0.15) is 5.75 Å². The molecule has 0 aliphatic carbocycles. The van der Waals surface area contributed by atoms with Gasteiger partial charge >= 0.3 is 6.18 Å². The second kappa shape index (κ2) is 4.91. The van der Waals surface area contributed by atoms with Gasteiger partial charge in [-0.05, 0) is 41.3 Å². The number of phenols is 1. The molecule has 0 saturated carbocycles. The first-order valence-corrected chi connectivity index (χ1v) is 6.38. The number of halogens is 3. The van der Waals surface area contributed by atoms with E-state index < -0.39 is 11.7 Å². The first kappa shape index (κ1) is 14.2. The Morgan fingerprint density at radius 1 is 1.00 bits per heavy atom. The zero-order valence-corrected chi connectivity index (χ0v) is 11.1. The van der Waals surface area contributed by atoms with Crippen molar-refractivity contribution in [2.24, 2.45) is 0 Å². The fourth-order valence-corrected chi connectivity index (χ4v) is 2.29. The largest absolute Gasteiger partial charge is 0.507 e. The lowest BCUT2D eigenvalue weighted by atomic mass is 9.99. The van der Waals surface area contributed by atoms with Gasteiger partial charge in [0.05, 0.1) is 5.56 Å². The van der Waals surface area contributed by atoms with E-state index in [1.807, 2.05) is 0 Å². The molecule has 22 heavy (non-hydrogen) atoms. The highest BCUT2D eigenvalue weighted by Gasteiger charge is 2.31. The number of rotatable bonds is 1. The molecule has 2 N–H and O–H groups in total. The van der Waals surface area contributed by atoms with Crippen molar-refractivity contribution < 1.29 is 18.3 Å². The van der Waals surface area contributed by atoms with Crippen LogP contribution in [0.3, 0.4) is 0 Å². The fourth-order valence-electron chi connectivity index (χ4n) is 2.29. The lowest BCUT2D eigenvalue weighted by Gasteiger charge is -2.11. The van der Waals surface area contributed by atoms with Crippen LogP contribution in [-0.4, -0.2) is 10.1 Å². The van der Waals surface area contributed by atoms with Crippen LogP contribution in [0.25, 0.3) is 21.9 Å². The highest BCUT2D eigenvalue weighted by Crippen LogP contribution is 2.37. The zero-order valence-electron chi connectivity index (χ0n) is 11.1. The first-order chi connectivity index (χ1) is 10.4. The molecule has 0 unspecified atom stereocenters. The summed E-state index contributed by atoms with van der Waals surface area (Å²) in [6.07, 6.45) is -3.01. The summed E-state index contributed by atoms with van der Waals surface area (Å²) in [5.74, 6) is -0.278. The number of aromatic amines is 1. The van der Waals surface area contributed by atoms with Gasteiger partial charge in [0.2, 0.25) is 0 Å². The number of aromatic nitrogens is 1. The van der Waals surface area contributed by atoms with Gasteiger partial charge in [-0.15, -0.1) is 0 Å². The third-order valence-corrected chi connectivity index (χ3v) is 3.41. The molecule has 0 radical (unpaired) electrons. The van der Waals surface area contributed by atoms with E-state index in [1.54, 1.807) is 18.2 Å². The molecular weight excluding hydrogens is 295 g/mol. The summed E-state index contributed by atoms with van der Waals surface area (Å²) < 4.78 is 38.4. The number of hydrogen-bond acceptors (Lipinski definition) is 2. The number of benzene rings is 2. The van der Waals surface area contributed by atoms with Crippen molar-refractivity contribution >= 4 is 10.8 Å². The van der Waals surface area contributed by atoms with Gasteiger partial charge in [-0.25, -0.2) is 0 Å². The van der Waals surface area contributed by atoms with E-state index >= 15 is 0 Å². The van der Waals surface area contributed by atoms with Gasteiger partial charge in [0.25, 0.3) is 5.56 Å². The molecule has 0 aliphatic rings. The van der Waals surface area contributed by atoms with Crippen LogP contribution in [0, 0.1) is 0 Å². The predicted molar refractivity (Wildman–Crippen MR) is 76.7 cm³/mol. The highest BCUT2D eigenvalue weighted by atomic mass is 19.4. The molecule has 3 aromatic rings. The minimum atomic E-state index is -4.50. The van der Waals surface area contributed by atoms with Crippen molar-refractivity contribution in [3.63, 3.8) is 0 Å². The molecule has 0 saturated heterocycles. The molecule has 0 spiro atoms. The number of alkyl halides is 3. The van der Waals surface area contributed by atoms with Crippen molar-refractivity contribution in [2.75, 3.05) is 0 Å². The smallest absolute Gasteiger partial charge is 0.416 e. The number of aromatic hydroxyl groups is 1. The molecule has 112 valence electrons. The van der Waals surface area contributed by atoms with Gasteiger partial charge in [-0.3, -0.25) is 4.79 Å². The van der Waals surface area contributed by atoms with Crippen molar-refractivity contribution in [3.05, 3.63) is 64.6 Å². The molecule has 0 aliphatic heterocycles. The van der Waals surface area contributed by atoms with E-state index in [-0.39, 0.29) is 16.9 Å². The molecule has 1 heterocycles. The van der Waals surface area contributed by atoms with Gasteiger partial charge in [-0.2, -0.15) is 13.2 Å². The second-order valence-corrected chi connectivity index (χ2v) is 4.84. The summed E-state index contributed by atoms with van der Waals surface area (Å²) in [6.45, 7) is 0. The van der Waals surface area contributed by atoms with E-state index in [0.29, 0.717) is 16.3 Å². The summed E-state index contributed by atoms with van der Waals surface area (Å²) in [4.78, 5) is 14.3. The Balaban J connectivity index is 2.23. The lowest BCUT2D eigenvalue weighted by molar-refractivity contribution is -0.137. The van der Waals surface area contributed by atoms with E-state index in [4.69, 9.17) is 0 Å². The standard InChI is InChI=1S/C16H10F3NO2/c17-16(18,19)11-3-4-14(21)12(8-11)10-2-1-9-5-6-20-15(22)13(9)7-10/h1-8,21H,(H,20,22). The number of hydrogen-bond donors (Lipinski definition) is 2. The number of fused-ring (bicyclic) bond motifs is 1. The Bertz CT molecular complexity index is 913. The van der Waals surface area contributed by atoms with Crippen molar-refractivity contribution in [1.82, 2.24) is 4.98 Å². The Morgan fingerprint density at radius 3 is 2.50 bits per heavy atom. The van der Waals surface area contributed by atoms with Gasteiger partial charge < -0.3 is 10.1 Å². The van der Waals surface area contributed by atoms with Gasteiger partial charge in [0, 0.05) is 17.1 Å². The molecule has 0 fully saturated rings. The van der Waals surface area contributed by atoms with E-state index in [9.17, 15) is 23.1 Å². The number of pyridine rings is 1. The first-order valence-electron chi connectivity index (χ1n) is 6.38. The van der Waals surface area contributed by atoms with E-state index in [0.717, 1.165) is 18.2 Å². The van der Waals surface area contributed by atoms with Crippen LogP contribution in [0.5, 0.6) is 5.75 Å². The van der Waals surface area contributed by atoms with Gasteiger partial charge in [-0.1, -0.05) is 12.1 Å². The monoisotopic (exact) mass is 305 g/mol. The Hall–Kier alpha value is -2.76. The predicted octanol–water partition coefficient (Wildman–Crippen LogP) is 3.92. The van der Waals surface area contributed by atoms with Crippen LogP contribution < -0.4 is 5.56 Å². The molecular formula is C16H10F3NO2. The average molecular weight is 305 g/mol. The highest BCUT2D eigenvalue weighted by molar-refractivity contribution is 5.87. The third-order valence-electron chi connectivity index (χ3n) is 3.41. The zero-order chi connectivity index (χ0) is 15.9. The Labute approximate surface area is 122 Å². The van der Waals surface area contributed by atoms with Crippen LogP contribution in [0.1, 0.15) is 5.56 Å². The van der Waals surface area contributed by atoms with Crippen molar-refractivity contribution in [2.45, 2.75) is 6.18 Å². The van der Waals surface area contributed by atoms with Crippen LogP contribution in [0.2, 0.25) is 0 Å². The number of H-pyrrole nitrogens is 1. The fraction of sp³-hybridized carbons (Fsp3) is 0.0625. The average Bonchev–Trinajstić information content (AvgIpc) is 2.47. The van der Waals surface area contributed by atoms with Crippen LogP contribution >= 0.6 is 0 Å². The van der Waals surface area contributed by atoms with Crippen LogP contribution in [0.15, 0.2) is 53.5 Å². The summed E-state index contributed by atoms with van der Waals surface area (Å²) in [5.41, 5.74) is -0.832. The van der Waals surface area contributed by atoms with Gasteiger partial charge in [0.15, 0.2) is 0 Å². The topological polar surface area (TPSA) is 53.1 Å². The summed E-state index contributed by atoms with van der Waals surface area (Å²) in [6, 6.07) is 9.02. The molecule has 2 aromatic carbocycles. The third kappa shape index (κ3) is 2.43.